The van der Waals surface area contributed by atoms with Crippen molar-refractivity contribution in [2.45, 2.75) is 39.0 Å². The lowest BCUT2D eigenvalue weighted by atomic mass is 9.94. The average Bonchev–Trinajstić information content (AvgIpc) is 3.23. The second-order valence-corrected chi connectivity index (χ2v) is 9.35. The van der Waals surface area contributed by atoms with Gasteiger partial charge in [-0.3, -0.25) is 4.40 Å². The molecule has 0 aliphatic carbocycles. The summed E-state index contributed by atoms with van der Waals surface area (Å²) in [7, 11) is 0. The van der Waals surface area contributed by atoms with Crippen LogP contribution in [0.15, 0.2) is 48.7 Å². The SMILES string of the molecule is CC1CCN(c2ccc(NC(=O)N3CCCC(Cc4nnc5ccccn45)C3)cc2)CC1. The number of amides is 2. The lowest BCUT2D eigenvalue weighted by Crippen LogP contribution is -2.43. The van der Waals surface area contributed by atoms with Crippen molar-refractivity contribution in [2.24, 2.45) is 11.8 Å². The maximum atomic E-state index is 12.9. The van der Waals surface area contributed by atoms with E-state index in [0.29, 0.717) is 5.92 Å². The summed E-state index contributed by atoms with van der Waals surface area (Å²) in [6, 6.07) is 14.2. The zero-order chi connectivity index (χ0) is 21.9. The van der Waals surface area contributed by atoms with Gasteiger partial charge in [-0.1, -0.05) is 13.0 Å². The molecule has 4 heterocycles. The summed E-state index contributed by atoms with van der Waals surface area (Å²) in [4.78, 5) is 17.3. The van der Waals surface area contributed by atoms with Gasteiger partial charge in [0.25, 0.3) is 0 Å². The number of hydrogen-bond acceptors (Lipinski definition) is 4. The van der Waals surface area contributed by atoms with Crippen LogP contribution in [0.5, 0.6) is 0 Å². The molecule has 1 atom stereocenters. The van der Waals surface area contributed by atoms with Gasteiger partial charge in [0.15, 0.2) is 5.65 Å². The Morgan fingerprint density at radius 1 is 1.03 bits per heavy atom. The van der Waals surface area contributed by atoms with Crippen LogP contribution in [0, 0.1) is 11.8 Å². The monoisotopic (exact) mass is 432 g/mol. The van der Waals surface area contributed by atoms with E-state index in [1.54, 1.807) is 0 Å². The fourth-order valence-corrected chi connectivity index (χ4v) is 4.93. The van der Waals surface area contributed by atoms with Crippen molar-refractivity contribution in [3.8, 4) is 0 Å². The van der Waals surface area contributed by atoms with Crippen molar-refractivity contribution in [2.75, 3.05) is 36.4 Å². The summed E-state index contributed by atoms with van der Waals surface area (Å²) in [6.07, 6.45) is 7.46. The number of benzene rings is 1. The lowest BCUT2D eigenvalue weighted by molar-refractivity contribution is 0.176. The Labute approximate surface area is 189 Å². The van der Waals surface area contributed by atoms with Crippen molar-refractivity contribution < 1.29 is 4.79 Å². The lowest BCUT2D eigenvalue weighted by Gasteiger charge is -2.33. The molecule has 2 amide bonds. The van der Waals surface area contributed by atoms with E-state index in [-0.39, 0.29) is 6.03 Å². The normalized spacial score (nSPS) is 20.0. The number of anilines is 2. The van der Waals surface area contributed by atoms with Crippen LogP contribution >= 0.6 is 0 Å². The maximum absolute atomic E-state index is 12.9. The van der Waals surface area contributed by atoms with Crippen LogP contribution in [0.4, 0.5) is 16.2 Å². The van der Waals surface area contributed by atoms with Crippen LogP contribution in [0.3, 0.4) is 0 Å². The molecule has 1 aromatic carbocycles. The number of hydrogen-bond donors (Lipinski definition) is 1. The van der Waals surface area contributed by atoms with Gasteiger partial charge in [0.2, 0.25) is 0 Å². The maximum Gasteiger partial charge on any atom is 0.321 e. The summed E-state index contributed by atoms with van der Waals surface area (Å²) in [6.45, 7) is 6.10. The first-order valence-electron chi connectivity index (χ1n) is 11.9. The Hall–Kier alpha value is -3.09. The molecular weight excluding hydrogens is 400 g/mol. The van der Waals surface area contributed by atoms with Crippen molar-refractivity contribution in [1.82, 2.24) is 19.5 Å². The number of rotatable bonds is 4. The number of carbonyl (C=O) groups is 1. The predicted molar refractivity (Wildman–Crippen MR) is 127 cm³/mol. The van der Waals surface area contributed by atoms with E-state index in [1.807, 2.05) is 45.8 Å². The first kappa shape index (κ1) is 20.8. The third kappa shape index (κ3) is 4.56. The topological polar surface area (TPSA) is 65.8 Å². The molecule has 0 bridgehead atoms. The highest BCUT2D eigenvalue weighted by Crippen LogP contribution is 2.25. The number of nitrogens with zero attached hydrogens (tertiary/aromatic N) is 5. The van der Waals surface area contributed by atoms with Crippen LogP contribution in [0.25, 0.3) is 5.65 Å². The van der Waals surface area contributed by atoms with Crippen molar-refractivity contribution >= 4 is 23.1 Å². The smallest absolute Gasteiger partial charge is 0.321 e. The zero-order valence-electron chi connectivity index (χ0n) is 18.8. The number of urea groups is 1. The molecule has 2 aliphatic rings. The molecule has 1 unspecified atom stereocenters. The highest BCUT2D eigenvalue weighted by Gasteiger charge is 2.25. The van der Waals surface area contributed by atoms with Gasteiger partial charge in [0.05, 0.1) is 0 Å². The molecule has 0 spiro atoms. The Kier molecular flexibility index (Phi) is 5.97. The average molecular weight is 433 g/mol. The van der Waals surface area contributed by atoms with Crippen LogP contribution < -0.4 is 10.2 Å². The standard InChI is InChI=1S/C25H32N6O/c1-19-11-15-29(16-12-19)22-9-7-21(8-10-22)26-25(32)30-13-4-5-20(18-30)17-24-28-27-23-6-2-3-14-31(23)24/h2-3,6-10,14,19-20H,4-5,11-13,15-18H2,1H3,(H,26,32). The molecule has 168 valence electrons. The van der Waals surface area contributed by atoms with Crippen LogP contribution in [0.2, 0.25) is 0 Å². The highest BCUT2D eigenvalue weighted by molar-refractivity contribution is 5.89. The zero-order valence-corrected chi connectivity index (χ0v) is 18.8. The van der Waals surface area contributed by atoms with E-state index >= 15 is 0 Å². The van der Waals surface area contributed by atoms with E-state index < -0.39 is 0 Å². The summed E-state index contributed by atoms with van der Waals surface area (Å²) in [5.74, 6) is 2.18. The molecule has 2 aromatic heterocycles. The predicted octanol–water partition coefficient (Wildman–Crippen LogP) is 4.45. The second kappa shape index (κ2) is 9.18. The molecule has 2 fully saturated rings. The van der Waals surface area contributed by atoms with Gasteiger partial charge in [-0.05, 0) is 73.9 Å². The summed E-state index contributed by atoms with van der Waals surface area (Å²) in [5, 5.41) is 11.7. The Morgan fingerprint density at radius 2 is 1.84 bits per heavy atom. The molecular formula is C25H32N6O. The molecule has 2 saturated heterocycles. The summed E-state index contributed by atoms with van der Waals surface area (Å²) in [5.41, 5.74) is 2.97. The van der Waals surface area contributed by atoms with Crippen molar-refractivity contribution in [3.05, 3.63) is 54.5 Å². The molecule has 1 N–H and O–H groups in total. The minimum Gasteiger partial charge on any atom is -0.372 e. The fourth-order valence-electron chi connectivity index (χ4n) is 4.93. The van der Waals surface area contributed by atoms with Gasteiger partial charge >= 0.3 is 6.03 Å². The van der Waals surface area contributed by atoms with Gasteiger partial charge in [-0.25, -0.2) is 4.79 Å². The first-order chi connectivity index (χ1) is 15.7. The summed E-state index contributed by atoms with van der Waals surface area (Å²) < 4.78 is 2.05. The molecule has 0 radical (unpaired) electrons. The highest BCUT2D eigenvalue weighted by atomic mass is 16.2. The van der Waals surface area contributed by atoms with E-state index in [4.69, 9.17) is 0 Å². The first-order valence-corrected chi connectivity index (χ1v) is 11.9. The summed E-state index contributed by atoms with van der Waals surface area (Å²) >= 11 is 0. The van der Waals surface area contributed by atoms with Gasteiger partial charge in [-0.15, -0.1) is 10.2 Å². The molecule has 2 aliphatic heterocycles. The van der Waals surface area contributed by atoms with Crippen LogP contribution in [-0.4, -0.2) is 51.7 Å². The number of pyridine rings is 1. The number of aromatic nitrogens is 3. The Morgan fingerprint density at radius 3 is 2.66 bits per heavy atom. The van der Waals surface area contributed by atoms with Gasteiger partial charge in [-0.2, -0.15) is 0 Å². The number of fused-ring (bicyclic) bond motifs is 1. The van der Waals surface area contributed by atoms with E-state index in [1.165, 1.54) is 18.5 Å². The molecule has 0 saturated carbocycles. The number of piperidine rings is 2. The fraction of sp³-hybridized carbons (Fsp3) is 0.480. The molecule has 5 rings (SSSR count). The van der Waals surface area contributed by atoms with Crippen LogP contribution in [-0.2, 0) is 6.42 Å². The minimum atomic E-state index is -0.0136. The third-order valence-corrected chi connectivity index (χ3v) is 6.93. The number of nitrogens with one attached hydrogen (secondary N) is 1. The van der Waals surface area contributed by atoms with Gasteiger partial charge < -0.3 is 15.1 Å². The van der Waals surface area contributed by atoms with E-state index in [0.717, 1.165) is 68.5 Å². The molecule has 7 nitrogen and oxygen atoms in total. The number of likely N-dealkylation sites (tertiary alicyclic amines) is 1. The molecule has 3 aromatic rings. The third-order valence-electron chi connectivity index (χ3n) is 6.93. The quantitative estimate of drug-likeness (QED) is 0.661. The van der Waals surface area contributed by atoms with E-state index in [2.05, 4.69) is 39.5 Å². The van der Waals surface area contributed by atoms with Crippen LogP contribution in [0.1, 0.15) is 38.4 Å². The minimum absolute atomic E-state index is 0.0136. The number of carbonyl (C=O) groups excluding carboxylic acids is 1. The Balaban J connectivity index is 1.17. The van der Waals surface area contributed by atoms with Gasteiger partial charge in [0.1, 0.15) is 5.82 Å². The second-order valence-electron chi connectivity index (χ2n) is 9.35. The molecule has 7 heteroatoms. The Bertz CT molecular complexity index is 1050. The largest absolute Gasteiger partial charge is 0.372 e. The molecule has 32 heavy (non-hydrogen) atoms. The van der Waals surface area contributed by atoms with Crippen molar-refractivity contribution in [1.29, 1.82) is 0 Å². The van der Waals surface area contributed by atoms with Gasteiger partial charge in [0, 0.05) is 50.2 Å². The van der Waals surface area contributed by atoms with Crippen molar-refractivity contribution in [3.63, 3.8) is 0 Å². The van der Waals surface area contributed by atoms with E-state index in [9.17, 15) is 4.79 Å².